The molecule has 0 radical (unpaired) electrons. The van der Waals surface area contributed by atoms with Crippen molar-refractivity contribution in [1.29, 1.82) is 0 Å². The van der Waals surface area contributed by atoms with E-state index in [1.807, 2.05) is 60.4 Å². The van der Waals surface area contributed by atoms with E-state index in [4.69, 9.17) is 11.6 Å². The van der Waals surface area contributed by atoms with Crippen LogP contribution in [0.1, 0.15) is 11.5 Å². The van der Waals surface area contributed by atoms with Crippen LogP contribution >= 0.6 is 18.7 Å². The van der Waals surface area contributed by atoms with Crippen molar-refractivity contribution >= 4 is 24.0 Å². The topological polar surface area (TPSA) is 17.1 Å². The summed E-state index contributed by atoms with van der Waals surface area (Å²) in [5, 5.41) is 1.68. The summed E-state index contributed by atoms with van der Waals surface area (Å²) in [6.07, 6.45) is 2.75. The Kier molecular flexibility index (Phi) is 3.35. The zero-order chi connectivity index (χ0) is 13.3. The van der Waals surface area contributed by atoms with Gasteiger partial charge < -0.3 is 4.57 Å². The average molecular weight is 289 g/mol. The molecular formula is C16H14ClOP. The van der Waals surface area contributed by atoms with Gasteiger partial charge in [-0.2, -0.15) is 0 Å². The van der Waals surface area contributed by atoms with Crippen molar-refractivity contribution in [2.24, 2.45) is 0 Å². The normalized spacial score (nSPS) is 25.6. The molecule has 0 spiro atoms. The number of hydrogen-bond acceptors (Lipinski definition) is 1. The quantitative estimate of drug-likeness (QED) is 0.736. The van der Waals surface area contributed by atoms with Gasteiger partial charge in [0.1, 0.15) is 7.14 Å². The molecular weight excluding hydrogens is 275 g/mol. The highest BCUT2D eigenvalue weighted by Gasteiger charge is 2.30. The molecule has 0 bridgehead atoms. The van der Waals surface area contributed by atoms with Gasteiger partial charge in [-0.15, -0.1) is 0 Å². The van der Waals surface area contributed by atoms with Crippen LogP contribution in [0.2, 0.25) is 5.02 Å². The highest BCUT2D eigenvalue weighted by molar-refractivity contribution is 7.74. The summed E-state index contributed by atoms with van der Waals surface area (Å²) in [6.45, 7) is 0. The van der Waals surface area contributed by atoms with Gasteiger partial charge in [0, 0.05) is 22.4 Å². The smallest absolute Gasteiger partial charge is 0.137 e. The second kappa shape index (κ2) is 5.00. The molecule has 19 heavy (non-hydrogen) atoms. The minimum Gasteiger partial charge on any atom is -0.314 e. The van der Waals surface area contributed by atoms with E-state index in [-0.39, 0.29) is 5.92 Å². The number of rotatable bonds is 2. The van der Waals surface area contributed by atoms with E-state index in [0.29, 0.717) is 6.16 Å². The van der Waals surface area contributed by atoms with E-state index in [0.717, 1.165) is 10.3 Å². The summed E-state index contributed by atoms with van der Waals surface area (Å²) in [7, 11) is -2.37. The van der Waals surface area contributed by atoms with Crippen LogP contribution in [-0.2, 0) is 4.57 Å². The largest absolute Gasteiger partial charge is 0.314 e. The Balaban J connectivity index is 1.87. The van der Waals surface area contributed by atoms with Crippen molar-refractivity contribution in [2.75, 3.05) is 6.16 Å². The number of allylic oxidation sites excluding steroid dienone is 1. The summed E-state index contributed by atoms with van der Waals surface area (Å²) in [5.41, 5.74) is 1.18. The predicted molar refractivity (Wildman–Crippen MR) is 81.9 cm³/mol. The highest BCUT2D eigenvalue weighted by atomic mass is 35.5. The predicted octanol–water partition coefficient (Wildman–Crippen LogP) is 4.64. The fraction of sp³-hybridized carbons (Fsp3) is 0.125. The molecule has 1 heterocycles. The van der Waals surface area contributed by atoms with Crippen molar-refractivity contribution in [3.63, 3.8) is 0 Å². The van der Waals surface area contributed by atoms with Crippen molar-refractivity contribution in [1.82, 2.24) is 0 Å². The lowest BCUT2D eigenvalue weighted by Gasteiger charge is -2.13. The molecule has 0 aromatic heterocycles. The lowest BCUT2D eigenvalue weighted by atomic mass is 10.0. The van der Waals surface area contributed by atoms with Gasteiger partial charge in [-0.1, -0.05) is 60.1 Å². The van der Waals surface area contributed by atoms with Gasteiger partial charge in [-0.3, -0.25) is 0 Å². The van der Waals surface area contributed by atoms with E-state index in [2.05, 4.69) is 6.08 Å². The molecule has 1 aliphatic rings. The van der Waals surface area contributed by atoms with E-state index < -0.39 is 7.14 Å². The standard InChI is InChI=1S/C16H14ClOP/c17-15-8-6-13(7-9-15)14-10-11-19(18,12-14)16-4-2-1-3-5-16/h1-11,14H,12H2/t14-,19+/m0/s1. The van der Waals surface area contributed by atoms with E-state index in [1.165, 1.54) is 5.56 Å². The molecule has 0 amide bonds. The first kappa shape index (κ1) is 12.7. The minimum absolute atomic E-state index is 0.225. The van der Waals surface area contributed by atoms with Gasteiger partial charge in [0.2, 0.25) is 0 Å². The number of benzene rings is 2. The van der Waals surface area contributed by atoms with Crippen LogP contribution in [0, 0.1) is 0 Å². The first-order valence-electron chi connectivity index (χ1n) is 6.27. The zero-order valence-corrected chi connectivity index (χ0v) is 12.0. The van der Waals surface area contributed by atoms with Crippen molar-refractivity contribution in [3.05, 3.63) is 77.1 Å². The minimum atomic E-state index is -2.37. The van der Waals surface area contributed by atoms with Crippen LogP contribution < -0.4 is 5.30 Å². The van der Waals surface area contributed by atoms with Crippen LogP contribution in [0.4, 0.5) is 0 Å². The lowest BCUT2D eigenvalue weighted by molar-refractivity contribution is 0.586. The van der Waals surface area contributed by atoms with Gasteiger partial charge >= 0.3 is 0 Å². The number of hydrogen-bond donors (Lipinski definition) is 0. The third-order valence-electron chi connectivity index (χ3n) is 3.52. The maximum Gasteiger partial charge on any atom is 0.137 e. The SMILES string of the molecule is O=[P@]1(c2ccccc2)C=C[C@H](c2ccc(Cl)cc2)C1. The summed E-state index contributed by atoms with van der Waals surface area (Å²) >= 11 is 5.90. The summed E-state index contributed by atoms with van der Waals surface area (Å²) in [6, 6.07) is 17.5. The van der Waals surface area contributed by atoms with Crippen LogP contribution in [0.3, 0.4) is 0 Å². The summed E-state index contributed by atoms with van der Waals surface area (Å²) in [4.78, 5) is 0. The molecule has 3 heteroatoms. The number of halogens is 1. The fourth-order valence-corrected chi connectivity index (χ4v) is 5.17. The first-order valence-corrected chi connectivity index (χ1v) is 8.60. The Morgan fingerprint density at radius 1 is 1.00 bits per heavy atom. The van der Waals surface area contributed by atoms with Gasteiger partial charge in [-0.25, -0.2) is 0 Å². The molecule has 0 saturated heterocycles. The maximum absolute atomic E-state index is 13.0. The van der Waals surface area contributed by atoms with Crippen molar-refractivity contribution in [2.45, 2.75) is 5.92 Å². The Morgan fingerprint density at radius 2 is 1.68 bits per heavy atom. The highest BCUT2D eigenvalue weighted by Crippen LogP contribution is 2.54. The third-order valence-corrected chi connectivity index (χ3v) is 6.53. The Bertz CT molecular complexity index is 646. The molecule has 0 fully saturated rings. The van der Waals surface area contributed by atoms with E-state index in [9.17, 15) is 4.57 Å². The molecule has 2 aromatic carbocycles. The summed E-state index contributed by atoms with van der Waals surface area (Å²) in [5.74, 6) is 2.13. The van der Waals surface area contributed by atoms with Gasteiger partial charge in [-0.05, 0) is 23.5 Å². The van der Waals surface area contributed by atoms with Gasteiger partial charge in [0.05, 0.1) is 0 Å². The monoisotopic (exact) mass is 288 g/mol. The average Bonchev–Trinajstić information content (AvgIpc) is 2.85. The van der Waals surface area contributed by atoms with E-state index in [1.54, 1.807) is 0 Å². The maximum atomic E-state index is 13.0. The second-order valence-electron chi connectivity index (χ2n) is 4.81. The van der Waals surface area contributed by atoms with Crippen LogP contribution in [0.15, 0.2) is 66.5 Å². The van der Waals surface area contributed by atoms with E-state index >= 15 is 0 Å². The van der Waals surface area contributed by atoms with Gasteiger partial charge in [0.15, 0.2) is 0 Å². The molecule has 1 nitrogen and oxygen atoms in total. The Labute approximate surface area is 118 Å². The molecule has 2 aromatic rings. The molecule has 96 valence electrons. The van der Waals surface area contributed by atoms with Gasteiger partial charge in [0.25, 0.3) is 0 Å². The van der Waals surface area contributed by atoms with Crippen molar-refractivity contribution < 1.29 is 4.57 Å². The van der Waals surface area contributed by atoms with Crippen LogP contribution in [0.25, 0.3) is 0 Å². The first-order chi connectivity index (χ1) is 9.17. The molecule has 0 unspecified atom stereocenters. The molecule has 2 atom stereocenters. The molecule has 3 rings (SSSR count). The van der Waals surface area contributed by atoms with Crippen LogP contribution in [-0.4, -0.2) is 6.16 Å². The second-order valence-corrected chi connectivity index (χ2v) is 8.02. The van der Waals surface area contributed by atoms with Crippen molar-refractivity contribution in [3.8, 4) is 0 Å². The van der Waals surface area contributed by atoms with Crippen LogP contribution in [0.5, 0.6) is 0 Å². The molecule has 1 aliphatic heterocycles. The molecule has 0 N–H and O–H groups in total. The fourth-order valence-electron chi connectivity index (χ4n) is 2.46. The third kappa shape index (κ3) is 2.54. The Morgan fingerprint density at radius 3 is 2.37 bits per heavy atom. The zero-order valence-electron chi connectivity index (χ0n) is 10.4. The molecule has 0 aliphatic carbocycles. The lowest BCUT2D eigenvalue weighted by Crippen LogP contribution is -2.06. The Hall–Kier alpha value is -1.30. The molecule has 0 saturated carbocycles. The summed E-state index contributed by atoms with van der Waals surface area (Å²) < 4.78 is 13.0.